The van der Waals surface area contributed by atoms with Crippen LogP contribution in [0.4, 0.5) is 0 Å². The lowest BCUT2D eigenvalue weighted by Gasteiger charge is -2.06. The lowest BCUT2D eigenvalue weighted by atomic mass is 9.96. The molecule has 0 heterocycles. The van der Waals surface area contributed by atoms with E-state index in [2.05, 4.69) is 34.2 Å². The Labute approximate surface area is 76.5 Å². The summed E-state index contributed by atoms with van der Waals surface area (Å²) >= 11 is 0. The molecule has 1 rings (SSSR count). The van der Waals surface area contributed by atoms with Crippen LogP contribution >= 0.6 is 0 Å². The van der Waals surface area contributed by atoms with Crippen molar-refractivity contribution in [2.45, 2.75) is 26.7 Å². The van der Waals surface area contributed by atoms with Crippen LogP contribution in [0.25, 0.3) is 0 Å². The normalized spacial score (nSPS) is 24.8. The maximum atomic E-state index is 3.87. The average Bonchev–Trinajstić information content (AvgIpc) is 2.45. The topological polar surface area (TPSA) is 0 Å². The smallest absolute Gasteiger partial charge is 0.121 e. The van der Waals surface area contributed by atoms with E-state index < -0.39 is 0 Å². The van der Waals surface area contributed by atoms with Crippen molar-refractivity contribution >= 4 is 7.85 Å². The molecule has 0 saturated carbocycles. The summed E-state index contributed by atoms with van der Waals surface area (Å²) in [6.07, 6.45) is 4.56. The van der Waals surface area contributed by atoms with Crippen molar-refractivity contribution in [2.24, 2.45) is 5.92 Å². The van der Waals surface area contributed by atoms with E-state index in [4.69, 9.17) is 0 Å². The van der Waals surface area contributed by atoms with E-state index in [1.807, 2.05) is 6.08 Å². The molecule has 12 heavy (non-hydrogen) atoms. The van der Waals surface area contributed by atoms with E-state index in [1.165, 1.54) is 29.6 Å². The Hall–Kier alpha value is -0.715. The second kappa shape index (κ2) is 3.80. The molecular formula is C11H17B. The molecule has 1 aliphatic rings. The number of hydrogen-bond donors (Lipinski definition) is 0. The van der Waals surface area contributed by atoms with E-state index in [0.717, 1.165) is 0 Å². The molecule has 0 bridgehead atoms. The lowest BCUT2D eigenvalue weighted by molar-refractivity contribution is 0.680. The summed E-state index contributed by atoms with van der Waals surface area (Å²) in [5, 5.41) is 0. The van der Waals surface area contributed by atoms with Gasteiger partial charge in [-0.1, -0.05) is 25.2 Å². The highest BCUT2D eigenvalue weighted by Crippen LogP contribution is 2.35. The molecule has 0 amide bonds. The third kappa shape index (κ3) is 1.55. The van der Waals surface area contributed by atoms with Gasteiger partial charge in [-0.25, -0.2) is 0 Å². The Kier molecular flexibility index (Phi) is 2.96. The van der Waals surface area contributed by atoms with Gasteiger partial charge in [-0.2, -0.15) is 0 Å². The van der Waals surface area contributed by atoms with Crippen LogP contribution in [0.15, 0.2) is 35.3 Å². The lowest BCUT2D eigenvalue weighted by Crippen LogP contribution is -1.90. The molecule has 0 aromatic heterocycles. The molecule has 0 aromatic carbocycles. The Balaban J connectivity index is 3.01. The fourth-order valence-electron chi connectivity index (χ4n) is 1.88. The van der Waals surface area contributed by atoms with Crippen LogP contribution < -0.4 is 0 Å². The highest BCUT2D eigenvalue weighted by Gasteiger charge is 2.19. The minimum Gasteiger partial charge on any atom is -0.121 e. The number of rotatable bonds is 2. The minimum absolute atomic E-state index is 0.715. The van der Waals surface area contributed by atoms with Crippen LogP contribution in [0.1, 0.15) is 26.7 Å². The van der Waals surface area contributed by atoms with Crippen LogP contribution in [-0.2, 0) is 0 Å². The fraction of sp³-hybridized carbons (Fsp3) is 0.455. The van der Waals surface area contributed by atoms with Gasteiger partial charge in [-0.15, -0.1) is 5.98 Å². The summed E-state index contributed by atoms with van der Waals surface area (Å²) in [5.41, 5.74) is 4.42. The Morgan fingerprint density at radius 1 is 1.67 bits per heavy atom. The maximum absolute atomic E-state index is 3.87. The molecule has 1 heteroatoms. The third-order valence-electron chi connectivity index (χ3n) is 2.84. The molecule has 1 unspecified atom stereocenters. The Morgan fingerprint density at radius 3 is 2.83 bits per heavy atom. The predicted octanol–water partition coefficient (Wildman–Crippen LogP) is 2.44. The molecule has 0 spiro atoms. The van der Waals surface area contributed by atoms with E-state index in [0.29, 0.717) is 5.92 Å². The van der Waals surface area contributed by atoms with Crippen molar-refractivity contribution in [3.63, 3.8) is 0 Å². The van der Waals surface area contributed by atoms with Gasteiger partial charge in [-0.05, 0) is 36.8 Å². The monoisotopic (exact) mass is 160 g/mol. The van der Waals surface area contributed by atoms with Crippen molar-refractivity contribution in [1.82, 2.24) is 0 Å². The summed E-state index contributed by atoms with van der Waals surface area (Å²) < 4.78 is 0. The standard InChI is InChI=1S/C11H17B/c1-4-10-8(2)5-6-11(10)9(3)7-12/h4,7-8H,1,5-6,12H2,2-3H3/b9-7-. The van der Waals surface area contributed by atoms with Gasteiger partial charge in [0.15, 0.2) is 0 Å². The number of allylic oxidation sites excluding steroid dienone is 4. The zero-order chi connectivity index (χ0) is 9.14. The van der Waals surface area contributed by atoms with Gasteiger partial charge in [0, 0.05) is 0 Å². The van der Waals surface area contributed by atoms with Gasteiger partial charge in [0.25, 0.3) is 0 Å². The van der Waals surface area contributed by atoms with Crippen LogP contribution in [0.2, 0.25) is 0 Å². The predicted molar refractivity (Wildman–Crippen MR) is 57.9 cm³/mol. The van der Waals surface area contributed by atoms with Gasteiger partial charge in [0.2, 0.25) is 0 Å². The molecular weight excluding hydrogens is 143 g/mol. The third-order valence-corrected chi connectivity index (χ3v) is 2.84. The molecule has 0 saturated heterocycles. The molecule has 0 fully saturated rings. The summed E-state index contributed by atoms with van der Waals surface area (Å²) in [5.74, 6) is 2.91. The molecule has 0 aliphatic heterocycles. The average molecular weight is 160 g/mol. The maximum Gasteiger partial charge on any atom is 0.129 e. The summed E-state index contributed by atoms with van der Waals surface area (Å²) in [6, 6.07) is 0. The Morgan fingerprint density at radius 2 is 2.33 bits per heavy atom. The highest BCUT2D eigenvalue weighted by atomic mass is 14.2. The second-order valence-electron chi connectivity index (χ2n) is 3.55. The molecule has 0 aromatic rings. The van der Waals surface area contributed by atoms with Crippen LogP contribution in [0.5, 0.6) is 0 Å². The van der Waals surface area contributed by atoms with E-state index in [1.54, 1.807) is 0 Å². The second-order valence-corrected chi connectivity index (χ2v) is 3.55. The van der Waals surface area contributed by atoms with Gasteiger partial charge in [0.05, 0.1) is 0 Å². The zero-order valence-electron chi connectivity index (χ0n) is 8.35. The van der Waals surface area contributed by atoms with Gasteiger partial charge in [-0.3, -0.25) is 0 Å². The first-order chi connectivity index (χ1) is 5.70. The molecule has 0 N–H and O–H groups in total. The molecule has 0 nitrogen and oxygen atoms in total. The van der Waals surface area contributed by atoms with Gasteiger partial charge < -0.3 is 0 Å². The van der Waals surface area contributed by atoms with E-state index >= 15 is 0 Å². The van der Waals surface area contributed by atoms with Crippen molar-refractivity contribution < 1.29 is 0 Å². The zero-order valence-corrected chi connectivity index (χ0v) is 8.35. The van der Waals surface area contributed by atoms with Crippen molar-refractivity contribution in [1.29, 1.82) is 0 Å². The first-order valence-corrected chi connectivity index (χ1v) is 4.69. The van der Waals surface area contributed by atoms with Crippen LogP contribution in [0, 0.1) is 5.92 Å². The van der Waals surface area contributed by atoms with E-state index in [9.17, 15) is 0 Å². The molecule has 0 radical (unpaired) electrons. The van der Waals surface area contributed by atoms with Crippen LogP contribution in [0.3, 0.4) is 0 Å². The van der Waals surface area contributed by atoms with Gasteiger partial charge >= 0.3 is 0 Å². The van der Waals surface area contributed by atoms with Crippen molar-refractivity contribution in [3.05, 3.63) is 35.3 Å². The SMILES string of the molecule is B/C=C(/C)C1=C(C=C)C(C)CC1. The summed E-state index contributed by atoms with van der Waals surface area (Å²) in [6.45, 7) is 8.35. The largest absolute Gasteiger partial charge is 0.129 e. The first-order valence-electron chi connectivity index (χ1n) is 4.69. The summed E-state index contributed by atoms with van der Waals surface area (Å²) in [4.78, 5) is 0. The van der Waals surface area contributed by atoms with Crippen molar-refractivity contribution in [3.8, 4) is 0 Å². The van der Waals surface area contributed by atoms with Gasteiger partial charge in [0.1, 0.15) is 7.85 Å². The van der Waals surface area contributed by atoms with Crippen LogP contribution in [-0.4, -0.2) is 7.85 Å². The quantitative estimate of drug-likeness (QED) is 0.544. The first kappa shape index (κ1) is 9.37. The Bertz CT molecular complexity index is 246. The molecule has 64 valence electrons. The number of hydrogen-bond acceptors (Lipinski definition) is 0. The van der Waals surface area contributed by atoms with Crippen molar-refractivity contribution in [2.75, 3.05) is 0 Å². The van der Waals surface area contributed by atoms with E-state index in [-0.39, 0.29) is 0 Å². The summed E-state index contributed by atoms with van der Waals surface area (Å²) in [7, 11) is 2.10. The molecule has 1 aliphatic carbocycles. The fourth-order valence-corrected chi connectivity index (χ4v) is 1.88. The highest BCUT2D eigenvalue weighted by molar-refractivity contribution is 6.17. The minimum atomic E-state index is 0.715. The molecule has 1 atom stereocenters.